The second-order valence-corrected chi connectivity index (χ2v) is 7.39. The Balaban J connectivity index is 1.46. The smallest absolute Gasteiger partial charge is 0.179 e. The van der Waals surface area contributed by atoms with Crippen molar-refractivity contribution < 1.29 is 9.18 Å². The van der Waals surface area contributed by atoms with E-state index in [1.54, 1.807) is 29.2 Å². The lowest BCUT2D eigenvalue weighted by molar-refractivity contribution is 0.0212. The number of nitrogens with two attached hydrogens (primary N) is 1. The maximum absolute atomic E-state index is 14.7. The minimum atomic E-state index is -1.21. The van der Waals surface area contributed by atoms with Gasteiger partial charge >= 0.3 is 0 Å². The molecule has 144 valence electrons. The van der Waals surface area contributed by atoms with Crippen molar-refractivity contribution in [2.24, 2.45) is 5.73 Å². The minimum absolute atomic E-state index is 0.0159. The van der Waals surface area contributed by atoms with Crippen LogP contribution in [0.4, 0.5) is 4.39 Å². The zero-order chi connectivity index (χ0) is 19.2. The number of halogens is 2. The normalized spacial score (nSPS) is 18.2. The molecule has 0 radical (unpaired) electrons. The van der Waals surface area contributed by atoms with E-state index < -0.39 is 12.3 Å². The fourth-order valence-corrected chi connectivity index (χ4v) is 3.59. The Morgan fingerprint density at radius 1 is 1.07 bits per heavy atom. The highest BCUT2D eigenvalue weighted by atomic mass is 35.5. The van der Waals surface area contributed by atoms with Crippen LogP contribution in [0.5, 0.6) is 0 Å². The van der Waals surface area contributed by atoms with E-state index in [0.717, 1.165) is 30.2 Å². The Bertz CT molecular complexity index is 750. The van der Waals surface area contributed by atoms with Gasteiger partial charge in [0.1, 0.15) is 0 Å². The summed E-state index contributed by atoms with van der Waals surface area (Å²) in [5.74, 6) is -0.210. The quantitative estimate of drug-likeness (QED) is 0.582. The van der Waals surface area contributed by atoms with Gasteiger partial charge in [0.2, 0.25) is 0 Å². The first kappa shape index (κ1) is 20.0. The first-order chi connectivity index (χ1) is 13.0. The molecule has 1 heterocycles. The molecule has 0 aromatic heterocycles. The molecular weight excluding hydrogens is 365 g/mol. The molecule has 0 spiro atoms. The number of carbonyl (C=O) groups is 1. The van der Waals surface area contributed by atoms with Crippen molar-refractivity contribution in [3.63, 3.8) is 0 Å². The molecule has 1 saturated heterocycles. The molecule has 2 aromatic rings. The molecule has 0 bridgehead atoms. The molecule has 3 rings (SSSR count). The lowest BCUT2D eigenvalue weighted by Gasteiger charge is -2.36. The van der Waals surface area contributed by atoms with Crippen LogP contribution in [0.1, 0.15) is 22.3 Å². The number of ketones is 1. The Labute approximate surface area is 164 Å². The molecule has 1 fully saturated rings. The predicted molar refractivity (Wildman–Crippen MR) is 107 cm³/mol. The topological polar surface area (TPSA) is 49.6 Å². The van der Waals surface area contributed by atoms with Gasteiger partial charge in [-0.15, -0.1) is 0 Å². The molecule has 6 heteroatoms. The third kappa shape index (κ3) is 5.59. The van der Waals surface area contributed by atoms with E-state index in [-0.39, 0.29) is 12.2 Å². The number of rotatable bonds is 7. The molecule has 0 amide bonds. The summed E-state index contributed by atoms with van der Waals surface area (Å²) in [5, 5.41) is 0.729. The Kier molecular flexibility index (Phi) is 6.96. The van der Waals surface area contributed by atoms with Crippen LogP contribution in [-0.2, 0) is 6.54 Å². The van der Waals surface area contributed by atoms with Gasteiger partial charge in [-0.2, -0.15) is 0 Å². The minimum Gasteiger partial charge on any atom is -0.321 e. The van der Waals surface area contributed by atoms with Gasteiger partial charge in [-0.05, 0) is 17.7 Å². The highest BCUT2D eigenvalue weighted by molar-refractivity contribution is 6.30. The molecule has 1 aliphatic heterocycles. The predicted octanol–water partition coefficient (Wildman–Crippen LogP) is 3.35. The third-order valence-electron chi connectivity index (χ3n) is 4.94. The van der Waals surface area contributed by atoms with Crippen LogP contribution in [0.15, 0.2) is 54.6 Å². The van der Waals surface area contributed by atoms with Gasteiger partial charge in [-0.3, -0.25) is 14.6 Å². The Morgan fingerprint density at radius 2 is 1.78 bits per heavy atom. The van der Waals surface area contributed by atoms with E-state index in [1.807, 2.05) is 30.3 Å². The summed E-state index contributed by atoms with van der Waals surface area (Å²) in [5.41, 5.74) is 7.65. The monoisotopic (exact) mass is 389 g/mol. The molecular formula is C21H25ClFN3O. The van der Waals surface area contributed by atoms with E-state index in [0.29, 0.717) is 18.7 Å². The van der Waals surface area contributed by atoms with Crippen molar-refractivity contribution in [3.05, 3.63) is 70.7 Å². The van der Waals surface area contributed by atoms with Crippen LogP contribution < -0.4 is 5.73 Å². The van der Waals surface area contributed by atoms with Crippen molar-refractivity contribution in [3.8, 4) is 0 Å². The van der Waals surface area contributed by atoms with Crippen molar-refractivity contribution in [1.82, 2.24) is 9.80 Å². The molecule has 2 N–H and O–H groups in total. The van der Waals surface area contributed by atoms with Crippen molar-refractivity contribution in [2.75, 3.05) is 26.2 Å². The summed E-state index contributed by atoms with van der Waals surface area (Å²) in [4.78, 5) is 16.4. The summed E-state index contributed by atoms with van der Waals surface area (Å²) >= 11 is 6.03. The van der Waals surface area contributed by atoms with Gasteiger partial charge in [0.25, 0.3) is 0 Å². The lowest BCUT2D eigenvalue weighted by Crippen LogP contribution is -2.50. The Hall–Kier alpha value is -1.79. The summed E-state index contributed by atoms with van der Waals surface area (Å²) in [6.45, 7) is 3.59. The number of Topliss-reactive ketones (excluding diaryl/α,β-unsaturated/α-hetero) is 1. The molecule has 1 aliphatic rings. The van der Waals surface area contributed by atoms with Crippen LogP contribution in [0, 0.1) is 0 Å². The number of piperazine rings is 1. The second-order valence-electron chi connectivity index (χ2n) is 6.95. The van der Waals surface area contributed by atoms with E-state index in [2.05, 4.69) is 4.90 Å². The standard InChI is InChI=1S/C21H25ClFN3O/c22-18-8-4-5-16(13-18)15-25-9-11-26(12-10-25)20(23)14-19(24)21(27)17-6-2-1-3-7-17/h1-8,13,19-20H,9-12,14-15,24H2. The molecule has 2 atom stereocenters. The molecule has 4 nitrogen and oxygen atoms in total. The van der Waals surface area contributed by atoms with Crippen molar-refractivity contribution in [2.45, 2.75) is 25.3 Å². The van der Waals surface area contributed by atoms with Gasteiger partial charge < -0.3 is 5.73 Å². The lowest BCUT2D eigenvalue weighted by atomic mass is 10.0. The molecule has 0 aliphatic carbocycles. The number of carbonyl (C=O) groups excluding carboxylic acids is 1. The molecule has 2 aromatic carbocycles. The summed E-state index contributed by atoms with van der Waals surface area (Å²) in [6.07, 6.45) is -1.19. The summed E-state index contributed by atoms with van der Waals surface area (Å²) < 4.78 is 14.7. The number of nitrogens with zero attached hydrogens (tertiary/aromatic N) is 2. The van der Waals surface area contributed by atoms with E-state index in [4.69, 9.17) is 17.3 Å². The van der Waals surface area contributed by atoms with Gasteiger partial charge in [0, 0.05) is 49.7 Å². The number of alkyl halides is 1. The fourth-order valence-electron chi connectivity index (χ4n) is 3.38. The van der Waals surface area contributed by atoms with Crippen LogP contribution in [0.2, 0.25) is 5.02 Å². The van der Waals surface area contributed by atoms with Gasteiger partial charge in [-0.1, -0.05) is 54.1 Å². The first-order valence-electron chi connectivity index (χ1n) is 9.22. The van der Waals surface area contributed by atoms with Crippen molar-refractivity contribution in [1.29, 1.82) is 0 Å². The molecule has 2 unspecified atom stereocenters. The highest BCUT2D eigenvalue weighted by Gasteiger charge is 2.27. The zero-order valence-corrected chi connectivity index (χ0v) is 16.0. The van der Waals surface area contributed by atoms with E-state index >= 15 is 0 Å². The Morgan fingerprint density at radius 3 is 2.44 bits per heavy atom. The number of hydrogen-bond donors (Lipinski definition) is 1. The number of hydrogen-bond acceptors (Lipinski definition) is 4. The maximum atomic E-state index is 14.7. The third-order valence-corrected chi connectivity index (χ3v) is 5.18. The van der Waals surface area contributed by atoms with Gasteiger partial charge in [0.05, 0.1) is 6.04 Å². The van der Waals surface area contributed by atoms with Crippen LogP contribution in [-0.4, -0.2) is 54.1 Å². The van der Waals surface area contributed by atoms with Crippen LogP contribution >= 0.6 is 11.6 Å². The van der Waals surface area contributed by atoms with Gasteiger partial charge in [0.15, 0.2) is 12.1 Å². The maximum Gasteiger partial charge on any atom is 0.179 e. The largest absolute Gasteiger partial charge is 0.321 e. The highest BCUT2D eigenvalue weighted by Crippen LogP contribution is 2.17. The average molecular weight is 390 g/mol. The first-order valence-corrected chi connectivity index (χ1v) is 9.60. The number of benzene rings is 2. The SMILES string of the molecule is NC(CC(F)N1CCN(Cc2cccc(Cl)c2)CC1)C(=O)c1ccccc1. The van der Waals surface area contributed by atoms with E-state index in [1.165, 1.54) is 0 Å². The molecule has 0 saturated carbocycles. The zero-order valence-electron chi connectivity index (χ0n) is 15.2. The van der Waals surface area contributed by atoms with Crippen LogP contribution in [0.25, 0.3) is 0 Å². The summed E-state index contributed by atoms with van der Waals surface area (Å²) in [7, 11) is 0. The van der Waals surface area contributed by atoms with Crippen molar-refractivity contribution >= 4 is 17.4 Å². The van der Waals surface area contributed by atoms with E-state index in [9.17, 15) is 9.18 Å². The fraction of sp³-hybridized carbons (Fsp3) is 0.381. The summed E-state index contributed by atoms with van der Waals surface area (Å²) in [6, 6.07) is 15.8. The van der Waals surface area contributed by atoms with Gasteiger partial charge in [-0.25, -0.2) is 4.39 Å². The van der Waals surface area contributed by atoms with Crippen LogP contribution in [0.3, 0.4) is 0 Å². The second kappa shape index (κ2) is 9.42. The molecule has 27 heavy (non-hydrogen) atoms. The average Bonchev–Trinajstić information content (AvgIpc) is 2.68.